The van der Waals surface area contributed by atoms with Gasteiger partial charge in [-0.25, -0.2) is 0 Å². The predicted octanol–water partition coefficient (Wildman–Crippen LogP) is 0.221. The Kier molecular flexibility index (Phi) is 7.44. The summed E-state index contributed by atoms with van der Waals surface area (Å²) in [5.74, 6) is -0.236. The van der Waals surface area contributed by atoms with Gasteiger partial charge in [-0.3, -0.25) is 4.79 Å². The van der Waals surface area contributed by atoms with Crippen molar-refractivity contribution in [3.8, 4) is 0 Å². The van der Waals surface area contributed by atoms with Crippen LogP contribution in [0, 0.1) is 0 Å². The Hall–Kier alpha value is -1.23. The maximum atomic E-state index is 10.8. The van der Waals surface area contributed by atoms with E-state index in [-0.39, 0.29) is 12.4 Å². The zero-order valence-electron chi connectivity index (χ0n) is 8.63. The maximum absolute atomic E-state index is 10.8. The summed E-state index contributed by atoms with van der Waals surface area (Å²) in [7, 11) is 0. The topological polar surface area (TPSA) is 77.8 Å². The molecule has 0 heterocycles. The van der Waals surface area contributed by atoms with Crippen LogP contribution in [0.5, 0.6) is 0 Å². The number of hydrogen-bond donors (Lipinski definition) is 3. The third-order valence-electron chi connectivity index (χ3n) is 1.50. The highest BCUT2D eigenvalue weighted by Gasteiger charge is 1.99. The van der Waals surface area contributed by atoms with Gasteiger partial charge in [-0.15, -0.1) is 0 Å². The molecule has 0 aromatic heterocycles. The van der Waals surface area contributed by atoms with E-state index in [9.17, 15) is 4.79 Å². The Balaban J connectivity index is 0.000000336. The Bertz CT molecular complexity index is 269. The van der Waals surface area contributed by atoms with E-state index in [1.165, 1.54) is 6.92 Å². The van der Waals surface area contributed by atoms with E-state index < -0.39 is 12.7 Å². The summed E-state index contributed by atoms with van der Waals surface area (Å²) in [5.41, 5.74) is 0.560. The molecule has 15 heavy (non-hydrogen) atoms. The van der Waals surface area contributed by atoms with Gasteiger partial charge in [0.1, 0.15) is 6.61 Å². The molecule has 0 fully saturated rings. The molecule has 1 rings (SSSR count). The highest BCUT2D eigenvalue weighted by molar-refractivity contribution is 5.96. The molecule has 4 nitrogen and oxygen atoms in total. The van der Waals surface area contributed by atoms with Crippen LogP contribution in [-0.2, 0) is 0 Å². The Morgan fingerprint density at radius 2 is 1.73 bits per heavy atom. The number of benzene rings is 1. The molecule has 0 saturated heterocycles. The SMILES string of the molecule is CC(O)CO.O=C(CO)c1ccccc1. The molecule has 1 aromatic carbocycles. The van der Waals surface area contributed by atoms with Crippen LogP contribution >= 0.6 is 0 Å². The molecule has 0 amide bonds. The lowest BCUT2D eigenvalue weighted by Gasteiger charge is -1.93. The number of aliphatic hydroxyl groups is 3. The third-order valence-corrected chi connectivity index (χ3v) is 1.50. The van der Waals surface area contributed by atoms with Gasteiger partial charge in [0.15, 0.2) is 5.78 Å². The lowest BCUT2D eigenvalue weighted by atomic mass is 10.1. The van der Waals surface area contributed by atoms with Gasteiger partial charge >= 0.3 is 0 Å². The first kappa shape index (κ1) is 13.8. The van der Waals surface area contributed by atoms with Crippen molar-refractivity contribution in [2.45, 2.75) is 13.0 Å². The summed E-state index contributed by atoms with van der Waals surface area (Å²) < 4.78 is 0. The van der Waals surface area contributed by atoms with Gasteiger partial charge in [0.05, 0.1) is 12.7 Å². The summed E-state index contributed by atoms with van der Waals surface area (Å²) in [6.45, 7) is 0.976. The first-order valence-corrected chi connectivity index (χ1v) is 4.59. The molecule has 0 aliphatic carbocycles. The highest BCUT2D eigenvalue weighted by atomic mass is 16.3. The molecule has 0 saturated carbocycles. The number of ketones is 1. The molecule has 4 heteroatoms. The second-order valence-electron chi connectivity index (χ2n) is 2.98. The number of Topliss-reactive ketones (excluding diaryl/α,β-unsaturated/α-hetero) is 1. The number of carbonyl (C=O) groups is 1. The van der Waals surface area contributed by atoms with Crippen LogP contribution in [0.2, 0.25) is 0 Å². The first-order chi connectivity index (χ1) is 7.11. The fourth-order valence-corrected chi connectivity index (χ4v) is 0.715. The lowest BCUT2D eigenvalue weighted by Crippen LogP contribution is -2.03. The Morgan fingerprint density at radius 1 is 1.27 bits per heavy atom. The molecule has 0 radical (unpaired) electrons. The van der Waals surface area contributed by atoms with Crippen LogP contribution in [0.4, 0.5) is 0 Å². The molecule has 3 N–H and O–H groups in total. The summed E-state index contributed by atoms with van der Waals surface area (Å²) in [5, 5.41) is 24.4. The van der Waals surface area contributed by atoms with Crippen molar-refractivity contribution in [1.29, 1.82) is 0 Å². The number of aliphatic hydroxyl groups excluding tert-OH is 3. The standard InChI is InChI=1S/C8H8O2.C3H8O2/c9-6-8(10)7-4-2-1-3-5-7;1-3(5)2-4/h1-5,9H,6H2;3-5H,2H2,1H3. The second-order valence-corrected chi connectivity index (χ2v) is 2.98. The van der Waals surface area contributed by atoms with Crippen LogP contribution < -0.4 is 0 Å². The molecule has 0 spiro atoms. The van der Waals surface area contributed by atoms with Crippen molar-refractivity contribution in [2.75, 3.05) is 13.2 Å². The molecular weight excluding hydrogens is 196 g/mol. The smallest absolute Gasteiger partial charge is 0.188 e. The van der Waals surface area contributed by atoms with Gasteiger partial charge in [0, 0.05) is 5.56 Å². The molecule has 0 aliphatic rings. The molecular formula is C11H16O4. The van der Waals surface area contributed by atoms with E-state index in [4.69, 9.17) is 15.3 Å². The monoisotopic (exact) mass is 212 g/mol. The van der Waals surface area contributed by atoms with Crippen LogP contribution in [-0.4, -0.2) is 40.4 Å². The van der Waals surface area contributed by atoms with E-state index in [1.54, 1.807) is 24.3 Å². The van der Waals surface area contributed by atoms with Crippen molar-refractivity contribution in [3.05, 3.63) is 35.9 Å². The quantitative estimate of drug-likeness (QED) is 0.626. The van der Waals surface area contributed by atoms with Crippen LogP contribution in [0.15, 0.2) is 30.3 Å². The summed E-state index contributed by atoms with van der Waals surface area (Å²) >= 11 is 0. The zero-order valence-corrected chi connectivity index (χ0v) is 8.63. The van der Waals surface area contributed by atoms with E-state index in [0.717, 1.165) is 0 Å². The van der Waals surface area contributed by atoms with Crippen molar-refractivity contribution in [3.63, 3.8) is 0 Å². The summed E-state index contributed by atoms with van der Waals surface area (Å²) in [6.07, 6.45) is -0.560. The van der Waals surface area contributed by atoms with Gasteiger partial charge in [-0.05, 0) is 6.92 Å². The lowest BCUT2D eigenvalue weighted by molar-refractivity contribution is 0.0903. The molecule has 1 atom stereocenters. The summed E-state index contributed by atoms with van der Waals surface area (Å²) in [4.78, 5) is 10.8. The molecule has 84 valence electrons. The van der Waals surface area contributed by atoms with Gasteiger partial charge in [-0.1, -0.05) is 30.3 Å². The van der Waals surface area contributed by atoms with Crippen molar-refractivity contribution >= 4 is 5.78 Å². The Morgan fingerprint density at radius 3 is 2.07 bits per heavy atom. The number of hydrogen-bond acceptors (Lipinski definition) is 4. The molecule has 0 bridgehead atoms. The van der Waals surface area contributed by atoms with Crippen LogP contribution in [0.3, 0.4) is 0 Å². The predicted molar refractivity (Wildman–Crippen MR) is 56.6 cm³/mol. The van der Waals surface area contributed by atoms with Crippen molar-refractivity contribution < 1.29 is 20.1 Å². The van der Waals surface area contributed by atoms with E-state index in [1.807, 2.05) is 6.07 Å². The average molecular weight is 212 g/mol. The van der Waals surface area contributed by atoms with Gasteiger partial charge in [0.25, 0.3) is 0 Å². The average Bonchev–Trinajstić information content (AvgIpc) is 2.30. The molecule has 1 unspecified atom stereocenters. The largest absolute Gasteiger partial charge is 0.394 e. The zero-order chi connectivity index (χ0) is 11.7. The van der Waals surface area contributed by atoms with Gasteiger partial charge in [-0.2, -0.15) is 0 Å². The summed E-state index contributed by atoms with van der Waals surface area (Å²) in [6, 6.07) is 8.72. The fraction of sp³-hybridized carbons (Fsp3) is 0.364. The minimum Gasteiger partial charge on any atom is -0.394 e. The van der Waals surface area contributed by atoms with Crippen molar-refractivity contribution in [1.82, 2.24) is 0 Å². The third kappa shape index (κ3) is 6.79. The Labute approximate surface area is 88.8 Å². The van der Waals surface area contributed by atoms with Gasteiger partial charge in [0.2, 0.25) is 0 Å². The number of rotatable bonds is 3. The van der Waals surface area contributed by atoms with Crippen LogP contribution in [0.1, 0.15) is 17.3 Å². The maximum Gasteiger partial charge on any atom is 0.188 e. The van der Waals surface area contributed by atoms with Crippen molar-refractivity contribution in [2.24, 2.45) is 0 Å². The van der Waals surface area contributed by atoms with Crippen LogP contribution in [0.25, 0.3) is 0 Å². The minimum atomic E-state index is -0.560. The first-order valence-electron chi connectivity index (χ1n) is 4.59. The van der Waals surface area contributed by atoms with E-state index in [0.29, 0.717) is 5.56 Å². The highest BCUT2D eigenvalue weighted by Crippen LogP contribution is 1.97. The van der Waals surface area contributed by atoms with E-state index >= 15 is 0 Å². The van der Waals surface area contributed by atoms with Gasteiger partial charge < -0.3 is 15.3 Å². The van der Waals surface area contributed by atoms with E-state index in [2.05, 4.69) is 0 Å². The second kappa shape index (κ2) is 8.11. The minimum absolute atomic E-state index is 0.139. The normalized spacial score (nSPS) is 11.2. The number of carbonyl (C=O) groups excluding carboxylic acids is 1. The molecule has 0 aliphatic heterocycles. The molecule has 1 aromatic rings. The fourth-order valence-electron chi connectivity index (χ4n) is 0.715.